The molecule has 0 saturated heterocycles. The third-order valence-electron chi connectivity index (χ3n) is 2.31. The molecule has 0 fully saturated rings. The Balaban J connectivity index is 3.09. The second-order valence-electron chi connectivity index (χ2n) is 3.41. The van der Waals surface area contributed by atoms with Gasteiger partial charge < -0.3 is 5.73 Å². The first-order valence-electron chi connectivity index (χ1n) is 4.40. The van der Waals surface area contributed by atoms with E-state index in [1.807, 2.05) is 22.6 Å². The van der Waals surface area contributed by atoms with Gasteiger partial charge in [-0.05, 0) is 24.6 Å². The van der Waals surface area contributed by atoms with Crippen LogP contribution in [0.2, 0.25) is 0 Å². The molecule has 0 radical (unpaired) electrons. The second-order valence-corrected chi connectivity index (χ2v) is 4.29. The van der Waals surface area contributed by atoms with Crippen LogP contribution in [0.15, 0.2) is 29.0 Å². The van der Waals surface area contributed by atoms with E-state index in [9.17, 15) is 13.2 Å². The molecule has 0 amide bonds. The fourth-order valence-corrected chi connectivity index (χ4v) is 2.11. The molecule has 0 spiro atoms. The predicted molar refractivity (Wildman–Crippen MR) is 61.8 cm³/mol. The van der Waals surface area contributed by atoms with Gasteiger partial charge in [-0.1, -0.05) is 22.6 Å². The van der Waals surface area contributed by atoms with Gasteiger partial charge in [-0.15, -0.1) is 5.73 Å². The molecule has 2 atom stereocenters. The third kappa shape index (κ3) is 2.86. The summed E-state index contributed by atoms with van der Waals surface area (Å²) in [4.78, 5) is 0. The molecule has 15 heavy (non-hydrogen) atoms. The minimum atomic E-state index is -4.31. The highest BCUT2D eigenvalue weighted by atomic mass is 127. The van der Waals surface area contributed by atoms with Crippen molar-refractivity contribution in [1.82, 2.24) is 0 Å². The van der Waals surface area contributed by atoms with E-state index in [0.29, 0.717) is 10.0 Å². The number of rotatable bonds is 2. The fraction of sp³-hybridized carbons (Fsp3) is 0.500. The Morgan fingerprint density at radius 2 is 2.20 bits per heavy atom. The van der Waals surface area contributed by atoms with E-state index in [0.717, 1.165) is 6.08 Å². The van der Waals surface area contributed by atoms with Crippen LogP contribution in [-0.4, -0.2) is 16.6 Å². The minimum absolute atomic E-state index is 0.481. The van der Waals surface area contributed by atoms with Crippen LogP contribution in [0.4, 0.5) is 13.2 Å². The maximum Gasteiger partial charge on any atom is 0.413 e. The van der Waals surface area contributed by atoms with Gasteiger partial charge in [0.1, 0.15) is 0 Å². The van der Waals surface area contributed by atoms with E-state index in [1.54, 1.807) is 6.92 Å². The van der Waals surface area contributed by atoms with Crippen molar-refractivity contribution >= 4 is 22.6 Å². The van der Waals surface area contributed by atoms with Gasteiger partial charge in [0, 0.05) is 22.0 Å². The molecular weight excluding hydrogens is 318 g/mol. The molecule has 0 aliphatic heterocycles. The van der Waals surface area contributed by atoms with Crippen LogP contribution in [0, 0.1) is 5.92 Å². The topological polar surface area (TPSA) is 26.0 Å². The highest BCUT2D eigenvalue weighted by molar-refractivity contribution is 14.1. The van der Waals surface area contributed by atoms with E-state index >= 15 is 0 Å². The van der Waals surface area contributed by atoms with Crippen LogP contribution >= 0.6 is 22.6 Å². The summed E-state index contributed by atoms with van der Waals surface area (Å²) in [5.74, 6) is -0.758. The van der Waals surface area contributed by atoms with Crippen LogP contribution in [0.25, 0.3) is 0 Å². The van der Waals surface area contributed by atoms with Crippen molar-refractivity contribution in [2.75, 3.05) is 4.43 Å². The van der Waals surface area contributed by atoms with Gasteiger partial charge in [-0.3, -0.25) is 0 Å². The van der Waals surface area contributed by atoms with Crippen molar-refractivity contribution in [2.45, 2.75) is 19.1 Å². The molecule has 84 valence electrons. The highest BCUT2D eigenvalue weighted by Crippen LogP contribution is 2.37. The van der Waals surface area contributed by atoms with Gasteiger partial charge in [0.05, 0.1) is 0 Å². The zero-order valence-electron chi connectivity index (χ0n) is 8.11. The Morgan fingerprint density at radius 3 is 2.67 bits per heavy atom. The van der Waals surface area contributed by atoms with Crippen LogP contribution in [0.5, 0.6) is 0 Å². The lowest BCUT2D eigenvalue weighted by Gasteiger charge is -2.27. The number of allylic oxidation sites excluding steroid dienone is 1. The monoisotopic (exact) mass is 329 g/mol. The fourth-order valence-electron chi connectivity index (χ4n) is 1.60. The zero-order chi connectivity index (χ0) is 11.6. The Bertz CT molecular complexity index is 337. The normalized spacial score (nSPS) is 23.5. The Morgan fingerprint density at radius 1 is 1.60 bits per heavy atom. The van der Waals surface area contributed by atoms with Crippen LogP contribution < -0.4 is 5.73 Å². The summed E-state index contributed by atoms with van der Waals surface area (Å²) in [6.45, 7) is 1.63. The molecule has 0 saturated carbocycles. The predicted octanol–water partition coefficient (Wildman–Crippen LogP) is 2.97. The molecule has 1 aliphatic carbocycles. The van der Waals surface area contributed by atoms with E-state index in [1.165, 1.54) is 6.08 Å². The Labute approximate surface area is 100 Å². The first kappa shape index (κ1) is 12.8. The van der Waals surface area contributed by atoms with Gasteiger partial charge in [0.25, 0.3) is 0 Å². The molecule has 1 aliphatic rings. The third-order valence-corrected chi connectivity index (χ3v) is 3.33. The van der Waals surface area contributed by atoms with Gasteiger partial charge in [0.2, 0.25) is 0 Å². The standard InChI is InChI=1S/C10H11F3IN/c1-6-3-2-4-7(10(11,12)13)9(6)8(15)5-14/h2,4,8-9H,5,15H2,1H3. The lowest BCUT2D eigenvalue weighted by molar-refractivity contribution is -0.0983. The SMILES string of the molecule is CC1=C=CC=C(C(F)(F)F)C1C(N)CI. The number of hydrogen-bond acceptors (Lipinski definition) is 1. The van der Waals surface area contributed by atoms with Gasteiger partial charge in [0.15, 0.2) is 0 Å². The van der Waals surface area contributed by atoms with Gasteiger partial charge >= 0.3 is 6.18 Å². The zero-order valence-corrected chi connectivity index (χ0v) is 10.3. The van der Waals surface area contributed by atoms with Crippen molar-refractivity contribution in [1.29, 1.82) is 0 Å². The van der Waals surface area contributed by atoms with Crippen molar-refractivity contribution in [3.8, 4) is 0 Å². The maximum absolute atomic E-state index is 12.7. The molecular formula is C10H11F3IN. The van der Waals surface area contributed by atoms with Crippen LogP contribution in [0.1, 0.15) is 6.92 Å². The summed E-state index contributed by atoms with van der Waals surface area (Å²) in [5.41, 5.74) is 8.47. The molecule has 5 heteroatoms. The molecule has 1 nitrogen and oxygen atoms in total. The van der Waals surface area contributed by atoms with Crippen LogP contribution in [0.3, 0.4) is 0 Å². The summed E-state index contributed by atoms with van der Waals surface area (Å²) in [6.07, 6.45) is -1.95. The molecule has 2 unspecified atom stereocenters. The van der Waals surface area contributed by atoms with Crippen molar-refractivity contribution < 1.29 is 13.2 Å². The summed E-state index contributed by atoms with van der Waals surface area (Å²) in [5, 5.41) is 0. The van der Waals surface area contributed by atoms with Crippen molar-refractivity contribution in [2.24, 2.45) is 11.7 Å². The number of alkyl halides is 4. The number of halogens is 4. The molecule has 2 N–H and O–H groups in total. The summed E-state index contributed by atoms with van der Waals surface area (Å²) in [7, 11) is 0. The smallest absolute Gasteiger partial charge is 0.326 e. The number of hydrogen-bond donors (Lipinski definition) is 1. The lowest BCUT2D eigenvalue weighted by Crippen LogP contribution is -2.38. The summed E-state index contributed by atoms with van der Waals surface area (Å²) >= 11 is 1.99. The van der Waals surface area contributed by atoms with E-state index < -0.39 is 23.7 Å². The van der Waals surface area contributed by atoms with E-state index in [2.05, 4.69) is 5.73 Å². The quantitative estimate of drug-likeness (QED) is 0.471. The summed E-state index contributed by atoms with van der Waals surface area (Å²) in [6, 6.07) is -0.514. The first-order valence-corrected chi connectivity index (χ1v) is 5.92. The Hall–Kier alpha value is -0.260. The second kappa shape index (κ2) is 4.72. The van der Waals surface area contributed by atoms with E-state index in [-0.39, 0.29) is 0 Å². The first-order chi connectivity index (χ1) is 6.88. The van der Waals surface area contributed by atoms with Crippen molar-refractivity contribution in [3.63, 3.8) is 0 Å². The molecule has 0 heterocycles. The molecule has 0 bridgehead atoms. The molecule has 0 aromatic rings. The van der Waals surface area contributed by atoms with E-state index in [4.69, 9.17) is 5.73 Å². The molecule has 0 aromatic carbocycles. The van der Waals surface area contributed by atoms with Gasteiger partial charge in [-0.25, -0.2) is 0 Å². The Kier molecular flexibility index (Phi) is 4.03. The van der Waals surface area contributed by atoms with Crippen molar-refractivity contribution in [3.05, 3.63) is 29.0 Å². The van der Waals surface area contributed by atoms with Crippen LogP contribution in [-0.2, 0) is 0 Å². The summed E-state index contributed by atoms with van der Waals surface area (Å²) < 4.78 is 38.5. The maximum atomic E-state index is 12.7. The average molecular weight is 329 g/mol. The number of nitrogens with two attached hydrogens (primary N) is 1. The molecule has 0 aromatic heterocycles. The minimum Gasteiger partial charge on any atom is -0.326 e. The van der Waals surface area contributed by atoms with Gasteiger partial charge in [-0.2, -0.15) is 13.2 Å². The largest absolute Gasteiger partial charge is 0.413 e. The highest BCUT2D eigenvalue weighted by Gasteiger charge is 2.41. The average Bonchev–Trinajstić information content (AvgIpc) is 2.15. The molecule has 1 rings (SSSR count). The lowest BCUT2D eigenvalue weighted by atomic mass is 9.84.